The molecule has 4 aromatic rings. The first kappa shape index (κ1) is 25.8. The van der Waals surface area contributed by atoms with Crippen LogP contribution in [0.15, 0.2) is 42.5 Å². The van der Waals surface area contributed by atoms with Crippen LogP contribution in [0.2, 0.25) is 0 Å². The van der Waals surface area contributed by atoms with Crippen molar-refractivity contribution in [3.8, 4) is 39.9 Å². The number of benzene rings is 4. The van der Waals surface area contributed by atoms with E-state index >= 15 is 0 Å². The van der Waals surface area contributed by atoms with Crippen molar-refractivity contribution >= 4 is 23.1 Å². The molecular formula is C32H22O9. The molecule has 3 N–H and O–H groups in total. The van der Waals surface area contributed by atoms with E-state index in [0.717, 1.165) is 0 Å². The number of ketones is 4. The van der Waals surface area contributed by atoms with Crippen molar-refractivity contribution in [1.82, 2.24) is 0 Å². The van der Waals surface area contributed by atoms with Crippen molar-refractivity contribution in [3.63, 3.8) is 0 Å². The van der Waals surface area contributed by atoms with E-state index in [1.54, 1.807) is 13.8 Å². The Labute approximate surface area is 233 Å². The molecule has 0 atom stereocenters. The Bertz CT molecular complexity index is 1930. The molecular weight excluding hydrogens is 528 g/mol. The maximum atomic E-state index is 13.9. The Morgan fingerprint density at radius 1 is 0.488 bits per heavy atom. The van der Waals surface area contributed by atoms with Crippen LogP contribution in [0, 0.1) is 13.8 Å². The van der Waals surface area contributed by atoms with Gasteiger partial charge in [-0.3, -0.25) is 19.2 Å². The quantitative estimate of drug-likeness (QED) is 0.286. The monoisotopic (exact) mass is 550 g/mol. The molecule has 41 heavy (non-hydrogen) atoms. The highest BCUT2D eigenvalue weighted by atomic mass is 16.5. The number of aryl methyl sites for hydroxylation is 2. The minimum Gasteiger partial charge on any atom is -0.508 e. The highest BCUT2D eigenvalue weighted by molar-refractivity contribution is 6.32. The third kappa shape index (κ3) is 3.48. The molecule has 0 aromatic heterocycles. The van der Waals surface area contributed by atoms with Crippen LogP contribution in [-0.4, -0.2) is 52.7 Å². The number of fused-ring (bicyclic) bond motifs is 4. The molecule has 0 saturated carbocycles. The van der Waals surface area contributed by atoms with Crippen LogP contribution in [0.4, 0.5) is 0 Å². The number of carbonyl (C=O) groups is 4. The van der Waals surface area contributed by atoms with Crippen molar-refractivity contribution in [2.24, 2.45) is 0 Å². The summed E-state index contributed by atoms with van der Waals surface area (Å²) in [5, 5.41) is 32.2. The second kappa shape index (κ2) is 8.79. The van der Waals surface area contributed by atoms with Crippen molar-refractivity contribution in [2.75, 3.05) is 14.2 Å². The Morgan fingerprint density at radius 2 is 1.05 bits per heavy atom. The zero-order valence-corrected chi connectivity index (χ0v) is 22.3. The average Bonchev–Trinajstić information content (AvgIpc) is 2.95. The normalized spacial score (nSPS) is 13.4. The van der Waals surface area contributed by atoms with Crippen LogP contribution in [0.25, 0.3) is 11.1 Å². The second-order valence-electron chi connectivity index (χ2n) is 10.0. The van der Waals surface area contributed by atoms with Crippen LogP contribution in [-0.2, 0) is 0 Å². The number of ether oxygens (including phenoxy) is 2. The summed E-state index contributed by atoms with van der Waals surface area (Å²) in [7, 11) is 2.69. The first-order valence-corrected chi connectivity index (χ1v) is 12.5. The summed E-state index contributed by atoms with van der Waals surface area (Å²) in [5.74, 6) is -3.03. The van der Waals surface area contributed by atoms with Gasteiger partial charge >= 0.3 is 0 Å². The fraction of sp³-hybridized carbons (Fsp3) is 0.125. The first-order valence-electron chi connectivity index (χ1n) is 12.5. The molecule has 0 aliphatic heterocycles. The van der Waals surface area contributed by atoms with Crippen LogP contribution in [0.3, 0.4) is 0 Å². The predicted octanol–water partition coefficient (Wildman–Crippen LogP) is 4.66. The lowest BCUT2D eigenvalue weighted by Crippen LogP contribution is -2.23. The minimum absolute atomic E-state index is 0.0104. The van der Waals surface area contributed by atoms with Gasteiger partial charge in [-0.05, 0) is 61.4 Å². The van der Waals surface area contributed by atoms with E-state index in [-0.39, 0.29) is 84.2 Å². The largest absolute Gasteiger partial charge is 0.508 e. The van der Waals surface area contributed by atoms with E-state index in [9.17, 15) is 34.5 Å². The minimum atomic E-state index is -0.729. The standard InChI is InChI=1S/C32H22O9/c1-12-5-15-17(10-22(12)33)30(37)16-9-19(24(41-4)11-18(16)29(15)36)26-27-20(6-13(2)28(26)35)31(38)21-7-14(40-3)8-23(34)25(21)32(27)39/h5-11,33-35H,1-4H3. The number of carbonyl (C=O) groups excluding carboxylic acids is 4. The molecule has 0 heterocycles. The van der Waals surface area contributed by atoms with Gasteiger partial charge in [0.05, 0.1) is 19.8 Å². The van der Waals surface area contributed by atoms with Crippen LogP contribution < -0.4 is 9.47 Å². The van der Waals surface area contributed by atoms with Gasteiger partial charge in [0.2, 0.25) is 0 Å². The zero-order valence-electron chi connectivity index (χ0n) is 22.3. The molecule has 9 heteroatoms. The molecule has 4 aromatic carbocycles. The molecule has 0 bridgehead atoms. The third-order valence-corrected chi connectivity index (χ3v) is 7.68. The molecule has 0 spiro atoms. The lowest BCUT2D eigenvalue weighted by molar-refractivity contribution is 0.0976. The molecule has 204 valence electrons. The highest BCUT2D eigenvalue weighted by Gasteiger charge is 2.39. The fourth-order valence-corrected chi connectivity index (χ4v) is 5.57. The number of phenols is 3. The number of phenolic OH excluding ortho intramolecular Hbond substituents is 3. The molecule has 0 amide bonds. The summed E-state index contributed by atoms with van der Waals surface area (Å²) >= 11 is 0. The van der Waals surface area contributed by atoms with Gasteiger partial charge < -0.3 is 24.8 Å². The summed E-state index contributed by atoms with van der Waals surface area (Å²) in [6.45, 7) is 3.16. The van der Waals surface area contributed by atoms with Crippen molar-refractivity contribution < 1.29 is 44.0 Å². The summed E-state index contributed by atoms with van der Waals surface area (Å²) in [6.07, 6.45) is 0. The molecule has 0 unspecified atom stereocenters. The molecule has 9 nitrogen and oxygen atoms in total. The number of methoxy groups -OCH3 is 2. The average molecular weight is 551 g/mol. The van der Waals surface area contributed by atoms with Gasteiger partial charge in [-0.25, -0.2) is 0 Å². The molecule has 0 saturated heterocycles. The van der Waals surface area contributed by atoms with E-state index in [0.29, 0.717) is 5.56 Å². The second-order valence-corrected chi connectivity index (χ2v) is 10.0. The zero-order chi connectivity index (χ0) is 29.5. The topological polar surface area (TPSA) is 147 Å². The van der Waals surface area contributed by atoms with Gasteiger partial charge in [0.25, 0.3) is 0 Å². The molecule has 2 aliphatic carbocycles. The fourth-order valence-electron chi connectivity index (χ4n) is 5.57. The van der Waals surface area contributed by atoms with Gasteiger partial charge in [0.1, 0.15) is 28.7 Å². The smallest absolute Gasteiger partial charge is 0.199 e. The lowest BCUT2D eigenvalue weighted by atomic mass is 9.77. The molecule has 2 aliphatic rings. The van der Waals surface area contributed by atoms with Gasteiger partial charge in [-0.15, -0.1) is 0 Å². The van der Waals surface area contributed by atoms with Gasteiger partial charge in [0.15, 0.2) is 23.1 Å². The van der Waals surface area contributed by atoms with E-state index < -0.39 is 28.9 Å². The number of rotatable bonds is 3. The highest BCUT2D eigenvalue weighted by Crippen LogP contribution is 2.48. The first-order chi connectivity index (χ1) is 19.5. The van der Waals surface area contributed by atoms with Crippen molar-refractivity contribution in [1.29, 1.82) is 0 Å². The van der Waals surface area contributed by atoms with E-state index in [1.165, 1.54) is 56.7 Å². The van der Waals surface area contributed by atoms with Crippen molar-refractivity contribution in [2.45, 2.75) is 13.8 Å². The van der Waals surface area contributed by atoms with Crippen LogP contribution in [0.5, 0.6) is 28.7 Å². The molecule has 0 fully saturated rings. The summed E-state index contributed by atoms with van der Waals surface area (Å²) < 4.78 is 10.7. The Morgan fingerprint density at radius 3 is 1.71 bits per heavy atom. The maximum absolute atomic E-state index is 13.9. The SMILES string of the molecule is COc1cc(O)c2c(c1)C(=O)c1cc(C)c(O)c(-c3cc4c(cc3OC)C(=O)c3cc(C)c(O)cc3C4=O)c1C2=O. The van der Waals surface area contributed by atoms with E-state index in [1.807, 2.05) is 0 Å². The Balaban J connectivity index is 1.65. The Kier molecular flexibility index (Phi) is 5.53. The molecule has 0 radical (unpaired) electrons. The van der Waals surface area contributed by atoms with E-state index in [4.69, 9.17) is 9.47 Å². The predicted molar refractivity (Wildman–Crippen MR) is 146 cm³/mol. The van der Waals surface area contributed by atoms with Crippen LogP contribution >= 0.6 is 0 Å². The molecule has 6 rings (SSSR count). The van der Waals surface area contributed by atoms with E-state index in [2.05, 4.69) is 0 Å². The third-order valence-electron chi connectivity index (χ3n) is 7.68. The Hall–Kier alpha value is -5.44. The lowest BCUT2D eigenvalue weighted by Gasteiger charge is -2.25. The summed E-state index contributed by atoms with van der Waals surface area (Å²) in [6, 6.07) is 9.33. The van der Waals surface area contributed by atoms with Gasteiger partial charge in [-0.2, -0.15) is 0 Å². The number of hydrogen-bond acceptors (Lipinski definition) is 9. The number of hydrogen-bond donors (Lipinski definition) is 3. The van der Waals surface area contributed by atoms with Gasteiger partial charge in [0, 0.05) is 56.1 Å². The number of aromatic hydroxyl groups is 3. The van der Waals surface area contributed by atoms with Gasteiger partial charge in [-0.1, -0.05) is 0 Å². The van der Waals surface area contributed by atoms with Crippen LogP contribution in [0.1, 0.15) is 74.8 Å². The van der Waals surface area contributed by atoms with Crippen molar-refractivity contribution in [3.05, 3.63) is 98.1 Å². The summed E-state index contributed by atoms with van der Waals surface area (Å²) in [4.78, 5) is 54.6. The summed E-state index contributed by atoms with van der Waals surface area (Å²) in [5.41, 5.74) is 0.338. The maximum Gasteiger partial charge on any atom is 0.199 e.